The second kappa shape index (κ2) is 5.96. The van der Waals surface area contributed by atoms with Gasteiger partial charge < -0.3 is 14.6 Å². The summed E-state index contributed by atoms with van der Waals surface area (Å²) in [5.41, 5.74) is -0.218. The second-order valence-electron chi connectivity index (χ2n) is 3.34. The highest BCUT2D eigenvalue weighted by atomic mass is 35.5. The van der Waals surface area contributed by atoms with Gasteiger partial charge in [-0.15, -0.1) is 24.8 Å². The van der Waals surface area contributed by atoms with Crippen LogP contribution in [0.1, 0.15) is 11.4 Å². The molecule has 0 amide bonds. The van der Waals surface area contributed by atoms with E-state index in [-0.39, 0.29) is 23.0 Å². The SMILES string of the molecule is COc1cc(CC(=O)O)nc(CCl)c1OC(F)(F)F. The Morgan fingerprint density at radius 2 is 2.16 bits per heavy atom. The average molecular weight is 300 g/mol. The third kappa shape index (κ3) is 4.47. The molecule has 0 saturated heterocycles. The molecule has 0 unspecified atom stereocenters. The number of nitrogens with zero attached hydrogens (tertiary/aromatic N) is 1. The van der Waals surface area contributed by atoms with Crippen molar-refractivity contribution in [3.05, 3.63) is 17.5 Å². The van der Waals surface area contributed by atoms with Crippen molar-refractivity contribution in [3.8, 4) is 11.5 Å². The Morgan fingerprint density at radius 1 is 1.53 bits per heavy atom. The van der Waals surface area contributed by atoms with E-state index in [1.54, 1.807) is 0 Å². The first-order valence-electron chi connectivity index (χ1n) is 4.87. The van der Waals surface area contributed by atoms with Crippen molar-refractivity contribution < 1.29 is 32.5 Å². The lowest BCUT2D eigenvalue weighted by molar-refractivity contribution is -0.275. The number of ether oxygens (including phenoxy) is 2. The molecule has 1 aromatic rings. The van der Waals surface area contributed by atoms with Gasteiger partial charge in [-0.25, -0.2) is 0 Å². The summed E-state index contributed by atoms with van der Waals surface area (Å²) in [7, 11) is 1.13. The fourth-order valence-corrected chi connectivity index (χ4v) is 1.51. The lowest BCUT2D eigenvalue weighted by Crippen LogP contribution is -2.19. The van der Waals surface area contributed by atoms with Gasteiger partial charge in [0, 0.05) is 6.07 Å². The first kappa shape index (κ1) is 15.4. The average Bonchev–Trinajstić information content (AvgIpc) is 2.28. The third-order valence-corrected chi connectivity index (χ3v) is 2.21. The molecule has 0 spiro atoms. The summed E-state index contributed by atoms with van der Waals surface area (Å²) >= 11 is 5.49. The lowest BCUT2D eigenvalue weighted by Gasteiger charge is -2.15. The van der Waals surface area contributed by atoms with E-state index in [9.17, 15) is 18.0 Å². The van der Waals surface area contributed by atoms with E-state index in [0.29, 0.717) is 0 Å². The molecule has 106 valence electrons. The van der Waals surface area contributed by atoms with Gasteiger partial charge in [-0.05, 0) is 0 Å². The van der Waals surface area contributed by atoms with Crippen molar-refractivity contribution >= 4 is 17.6 Å². The zero-order chi connectivity index (χ0) is 14.6. The van der Waals surface area contributed by atoms with Gasteiger partial charge in [0.05, 0.1) is 25.1 Å². The predicted octanol–water partition coefficient (Wildman–Crippen LogP) is 2.35. The van der Waals surface area contributed by atoms with E-state index in [4.69, 9.17) is 21.4 Å². The fraction of sp³-hybridized carbons (Fsp3) is 0.400. The Labute approximate surface area is 110 Å². The van der Waals surface area contributed by atoms with E-state index < -0.39 is 24.5 Å². The van der Waals surface area contributed by atoms with E-state index in [0.717, 1.165) is 13.2 Å². The van der Waals surface area contributed by atoms with Crippen molar-refractivity contribution in [2.24, 2.45) is 0 Å². The largest absolute Gasteiger partial charge is 0.573 e. The molecule has 9 heteroatoms. The molecule has 0 saturated carbocycles. The Hall–Kier alpha value is -1.70. The molecule has 0 aliphatic carbocycles. The smallest absolute Gasteiger partial charge is 0.493 e. The number of carboxylic acid groups (broad SMARTS) is 1. The molecule has 1 aromatic heterocycles. The molecule has 1 heterocycles. The predicted molar refractivity (Wildman–Crippen MR) is 58.4 cm³/mol. The first-order valence-corrected chi connectivity index (χ1v) is 5.40. The van der Waals surface area contributed by atoms with Crippen LogP contribution in [0.3, 0.4) is 0 Å². The van der Waals surface area contributed by atoms with E-state index in [2.05, 4.69) is 9.72 Å². The van der Waals surface area contributed by atoms with E-state index in [1.807, 2.05) is 0 Å². The minimum atomic E-state index is -4.93. The number of methoxy groups -OCH3 is 1. The summed E-state index contributed by atoms with van der Waals surface area (Å²) in [6, 6.07) is 1.06. The van der Waals surface area contributed by atoms with Crippen molar-refractivity contribution in [1.29, 1.82) is 0 Å². The van der Waals surface area contributed by atoms with Crippen LogP contribution in [0.15, 0.2) is 6.07 Å². The number of carboxylic acids is 1. The van der Waals surface area contributed by atoms with Gasteiger partial charge in [-0.2, -0.15) is 0 Å². The monoisotopic (exact) mass is 299 g/mol. The molecule has 0 bridgehead atoms. The molecule has 19 heavy (non-hydrogen) atoms. The number of pyridine rings is 1. The Bertz CT molecular complexity index is 453. The van der Waals surface area contributed by atoms with Gasteiger partial charge in [0.2, 0.25) is 0 Å². The van der Waals surface area contributed by atoms with Crippen LogP contribution in [0.5, 0.6) is 11.5 Å². The standard InChI is InChI=1S/C10H9ClF3NO4/c1-18-7-2-5(3-8(16)17)15-6(4-11)9(7)19-10(12,13)14/h2H,3-4H2,1H3,(H,16,17). The van der Waals surface area contributed by atoms with Crippen molar-refractivity contribution in [2.45, 2.75) is 18.7 Å². The summed E-state index contributed by atoms with van der Waals surface area (Å²) in [5.74, 6) is -2.51. The molecular weight excluding hydrogens is 291 g/mol. The van der Waals surface area contributed by atoms with Crippen LogP contribution in [-0.4, -0.2) is 29.5 Å². The number of halogens is 4. The number of hydrogen-bond acceptors (Lipinski definition) is 4. The molecule has 1 rings (SSSR count). The minimum absolute atomic E-state index is 0.0227. The molecule has 5 nitrogen and oxygen atoms in total. The minimum Gasteiger partial charge on any atom is -0.493 e. The fourth-order valence-electron chi connectivity index (χ4n) is 1.33. The Balaban J connectivity index is 3.25. The van der Waals surface area contributed by atoms with Crippen LogP contribution in [0.2, 0.25) is 0 Å². The maximum Gasteiger partial charge on any atom is 0.573 e. The molecular formula is C10H9ClF3NO4. The van der Waals surface area contributed by atoms with Gasteiger partial charge in [0.25, 0.3) is 0 Å². The highest BCUT2D eigenvalue weighted by molar-refractivity contribution is 6.17. The first-order chi connectivity index (χ1) is 8.76. The zero-order valence-electron chi connectivity index (χ0n) is 9.62. The summed E-state index contributed by atoms with van der Waals surface area (Å²) in [4.78, 5) is 14.3. The van der Waals surface area contributed by atoms with Crippen molar-refractivity contribution in [2.75, 3.05) is 7.11 Å². The molecule has 0 radical (unpaired) electrons. The highest BCUT2D eigenvalue weighted by Gasteiger charge is 2.34. The van der Waals surface area contributed by atoms with Crippen LogP contribution in [0, 0.1) is 0 Å². The van der Waals surface area contributed by atoms with Crippen molar-refractivity contribution in [3.63, 3.8) is 0 Å². The van der Waals surface area contributed by atoms with Crippen LogP contribution in [0.4, 0.5) is 13.2 Å². The maximum atomic E-state index is 12.2. The van der Waals surface area contributed by atoms with E-state index in [1.165, 1.54) is 0 Å². The van der Waals surface area contributed by atoms with Gasteiger partial charge in [-0.1, -0.05) is 0 Å². The number of rotatable bonds is 5. The normalized spacial score (nSPS) is 11.2. The number of carbonyl (C=O) groups is 1. The zero-order valence-corrected chi connectivity index (χ0v) is 10.4. The van der Waals surface area contributed by atoms with Gasteiger partial charge >= 0.3 is 12.3 Å². The molecule has 0 fully saturated rings. The number of hydrogen-bond donors (Lipinski definition) is 1. The van der Waals surface area contributed by atoms with Crippen molar-refractivity contribution in [1.82, 2.24) is 4.98 Å². The van der Waals surface area contributed by atoms with Crippen LogP contribution in [0.25, 0.3) is 0 Å². The number of aliphatic carboxylic acids is 1. The maximum absolute atomic E-state index is 12.2. The summed E-state index contributed by atoms with van der Waals surface area (Å²) in [5, 5.41) is 8.62. The highest BCUT2D eigenvalue weighted by Crippen LogP contribution is 2.36. The third-order valence-electron chi connectivity index (χ3n) is 1.96. The van der Waals surface area contributed by atoms with Gasteiger partial charge in [0.1, 0.15) is 5.69 Å². The van der Waals surface area contributed by atoms with Gasteiger partial charge in [-0.3, -0.25) is 9.78 Å². The molecule has 0 atom stereocenters. The van der Waals surface area contributed by atoms with Crippen LogP contribution >= 0.6 is 11.6 Å². The quantitative estimate of drug-likeness (QED) is 0.845. The van der Waals surface area contributed by atoms with Crippen LogP contribution in [-0.2, 0) is 17.1 Å². The molecule has 0 aliphatic heterocycles. The lowest BCUT2D eigenvalue weighted by atomic mass is 10.2. The summed E-state index contributed by atoms with van der Waals surface area (Å²) in [6.45, 7) is 0. The van der Waals surface area contributed by atoms with Gasteiger partial charge in [0.15, 0.2) is 11.5 Å². The van der Waals surface area contributed by atoms with E-state index >= 15 is 0 Å². The number of aromatic nitrogens is 1. The Kier molecular flexibility index (Phi) is 4.82. The summed E-state index contributed by atoms with van der Waals surface area (Å²) < 4.78 is 45.3. The van der Waals surface area contributed by atoms with Crippen LogP contribution < -0.4 is 9.47 Å². The Morgan fingerprint density at radius 3 is 2.58 bits per heavy atom. The molecule has 0 aromatic carbocycles. The topological polar surface area (TPSA) is 68.7 Å². The second-order valence-corrected chi connectivity index (χ2v) is 3.61. The molecule has 1 N–H and O–H groups in total. The molecule has 0 aliphatic rings. The summed E-state index contributed by atoms with van der Waals surface area (Å²) in [6.07, 6.45) is -5.39. The number of alkyl halides is 4.